The topological polar surface area (TPSA) is 99.1 Å². The molecule has 0 radical (unpaired) electrons. The average molecular weight is 477 g/mol. The largest absolute Gasteiger partial charge is 0.508 e. The van der Waals surface area contributed by atoms with Crippen molar-refractivity contribution in [1.29, 1.82) is 0 Å². The summed E-state index contributed by atoms with van der Waals surface area (Å²) < 4.78 is 15.7. The number of aryl methyl sites for hydroxylation is 1. The number of aromatic hydroxyl groups is 1. The molecule has 3 aromatic rings. The van der Waals surface area contributed by atoms with E-state index in [1.54, 1.807) is 31.2 Å². The summed E-state index contributed by atoms with van der Waals surface area (Å²) in [6, 6.07) is 16.8. The zero-order valence-electron chi connectivity index (χ0n) is 18.1. The Balaban J connectivity index is 1.59. The van der Waals surface area contributed by atoms with E-state index in [0.29, 0.717) is 11.3 Å². The Hall–Kier alpha value is -4.30. The number of phenols is 1. The molecular formula is C26H20O7S. The van der Waals surface area contributed by atoms with Crippen LogP contribution in [0.1, 0.15) is 21.5 Å². The number of ether oxygens (including phenoxy) is 3. The third-order valence-corrected chi connectivity index (χ3v) is 4.59. The van der Waals surface area contributed by atoms with Gasteiger partial charge < -0.3 is 19.3 Å². The fourth-order valence-electron chi connectivity index (χ4n) is 2.68. The first-order valence-corrected chi connectivity index (χ1v) is 10.4. The van der Waals surface area contributed by atoms with Crippen molar-refractivity contribution in [3.8, 4) is 23.0 Å². The van der Waals surface area contributed by atoms with E-state index in [9.17, 15) is 19.5 Å². The lowest BCUT2D eigenvalue weighted by molar-refractivity contribution is -0.130. The fourth-order valence-corrected chi connectivity index (χ4v) is 2.73. The zero-order chi connectivity index (χ0) is 24.7. The number of esters is 3. The summed E-state index contributed by atoms with van der Waals surface area (Å²) in [5.74, 6) is -0.930. The third-order valence-electron chi connectivity index (χ3n) is 4.41. The van der Waals surface area contributed by atoms with E-state index >= 15 is 0 Å². The van der Waals surface area contributed by atoms with E-state index in [2.05, 4.69) is 19.2 Å². The monoisotopic (exact) mass is 476 g/mol. The predicted molar refractivity (Wildman–Crippen MR) is 129 cm³/mol. The van der Waals surface area contributed by atoms with Gasteiger partial charge in [0.2, 0.25) is 0 Å². The van der Waals surface area contributed by atoms with Crippen LogP contribution in [-0.4, -0.2) is 23.0 Å². The van der Waals surface area contributed by atoms with Crippen molar-refractivity contribution < 1.29 is 33.7 Å². The van der Waals surface area contributed by atoms with Gasteiger partial charge in [0.05, 0.1) is 10.5 Å². The lowest BCUT2D eigenvalue weighted by Gasteiger charge is -2.10. The maximum atomic E-state index is 12.4. The normalized spacial score (nSPS) is 10.5. The van der Waals surface area contributed by atoms with Crippen molar-refractivity contribution >= 4 is 36.6 Å². The zero-order valence-corrected chi connectivity index (χ0v) is 19.0. The second kappa shape index (κ2) is 11.0. The van der Waals surface area contributed by atoms with Crippen LogP contribution in [0.25, 0.3) is 6.08 Å². The molecular weight excluding hydrogens is 456 g/mol. The third kappa shape index (κ3) is 6.85. The van der Waals surface area contributed by atoms with E-state index < -0.39 is 17.9 Å². The van der Waals surface area contributed by atoms with Gasteiger partial charge in [0.25, 0.3) is 0 Å². The highest BCUT2D eigenvalue weighted by molar-refractivity contribution is 7.85. The number of thiol groups is 1. The molecule has 0 saturated heterocycles. The molecule has 0 bridgehead atoms. The number of hydrogen-bond acceptors (Lipinski definition) is 8. The first-order chi connectivity index (χ1) is 16.2. The number of carbonyl (C=O) groups is 3. The van der Waals surface area contributed by atoms with E-state index in [0.717, 1.165) is 5.56 Å². The molecule has 0 spiro atoms. The molecule has 34 heavy (non-hydrogen) atoms. The number of hydrogen-bond donors (Lipinski definition) is 2. The number of phenolic OH excluding ortho intramolecular Hbond substituents is 1. The molecule has 0 fully saturated rings. The molecule has 0 heterocycles. The second-order valence-corrected chi connectivity index (χ2v) is 7.56. The lowest BCUT2D eigenvalue weighted by Crippen LogP contribution is -2.10. The summed E-state index contributed by atoms with van der Waals surface area (Å²) >= 11 is 3.81. The number of rotatable bonds is 7. The van der Waals surface area contributed by atoms with E-state index in [1.807, 2.05) is 0 Å². The molecule has 3 rings (SSSR count). The smallest absolute Gasteiger partial charge is 0.349 e. The Morgan fingerprint density at radius 3 is 2.15 bits per heavy atom. The van der Waals surface area contributed by atoms with Gasteiger partial charge in [-0.3, -0.25) is 0 Å². The lowest BCUT2D eigenvalue weighted by atomic mass is 10.2. The predicted octanol–water partition coefficient (Wildman–Crippen LogP) is 4.89. The van der Waals surface area contributed by atoms with Gasteiger partial charge in [0.15, 0.2) is 0 Å². The van der Waals surface area contributed by atoms with Gasteiger partial charge in [-0.25, -0.2) is 14.4 Å². The minimum atomic E-state index is -0.689. The van der Waals surface area contributed by atoms with Crippen LogP contribution in [0.4, 0.5) is 0 Å². The van der Waals surface area contributed by atoms with Crippen molar-refractivity contribution in [3.63, 3.8) is 0 Å². The first-order valence-electron chi connectivity index (χ1n) is 9.93. The molecule has 0 amide bonds. The summed E-state index contributed by atoms with van der Waals surface area (Å²) in [6.45, 7) is 5.08. The first kappa shape index (κ1) is 24.3. The molecule has 0 aliphatic heterocycles. The van der Waals surface area contributed by atoms with Crippen molar-refractivity contribution in [2.75, 3.05) is 0 Å². The van der Waals surface area contributed by atoms with Gasteiger partial charge in [-0.05, 0) is 78.7 Å². The quantitative estimate of drug-likeness (QED) is 0.217. The van der Waals surface area contributed by atoms with Crippen molar-refractivity contribution in [2.24, 2.45) is 0 Å². The van der Waals surface area contributed by atoms with Crippen LogP contribution in [0.2, 0.25) is 0 Å². The molecule has 172 valence electrons. The molecule has 0 atom stereocenters. The maximum absolute atomic E-state index is 12.4. The maximum Gasteiger partial charge on any atom is 0.349 e. The molecule has 0 unspecified atom stereocenters. The van der Waals surface area contributed by atoms with Crippen LogP contribution >= 0.6 is 12.6 Å². The van der Waals surface area contributed by atoms with Gasteiger partial charge in [-0.1, -0.05) is 18.7 Å². The average Bonchev–Trinajstić information content (AvgIpc) is 2.81. The molecule has 3 aromatic carbocycles. The Morgan fingerprint density at radius 2 is 1.53 bits per heavy atom. The van der Waals surface area contributed by atoms with Crippen molar-refractivity contribution in [3.05, 3.63) is 101 Å². The van der Waals surface area contributed by atoms with Crippen LogP contribution in [0.3, 0.4) is 0 Å². The van der Waals surface area contributed by atoms with Crippen LogP contribution in [-0.2, 0) is 9.59 Å². The number of carbonyl (C=O) groups excluding carboxylic acids is 3. The van der Waals surface area contributed by atoms with Gasteiger partial charge in [0.1, 0.15) is 23.0 Å². The molecule has 0 aromatic heterocycles. The molecule has 0 aliphatic rings. The van der Waals surface area contributed by atoms with E-state index in [1.165, 1.54) is 54.6 Å². The summed E-state index contributed by atoms with van der Waals surface area (Å²) in [4.78, 5) is 35.9. The summed E-state index contributed by atoms with van der Waals surface area (Å²) in [5.41, 5.74) is 1.56. The highest BCUT2D eigenvalue weighted by atomic mass is 32.1. The summed E-state index contributed by atoms with van der Waals surface area (Å²) in [5, 5.41) is 9.28. The summed E-state index contributed by atoms with van der Waals surface area (Å²) in [6.07, 6.45) is 2.83. The molecule has 0 aliphatic carbocycles. The Kier molecular flexibility index (Phi) is 7.89. The van der Waals surface area contributed by atoms with Gasteiger partial charge in [-0.15, -0.1) is 12.6 Å². The SMILES string of the molecule is C=C(S)C(=O)Oc1ccc(C(=O)Oc2ccc(OC(=O)/C=C/c3ccc(O)cc3)cc2C)cc1. The molecule has 8 heteroatoms. The number of benzene rings is 3. The highest BCUT2D eigenvalue weighted by Crippen LogP contribution is 2.25. The van der Waals surface area contributed by atoms with Crippen molar-refractivity contribution in [2.45, 2.75) is 6.92 Å². The van der Waals surface area contributed by atoms with Gasteiger partial charge in [-0.2, -0.15) is 0 Å². The van der Waals surface area contributed by atoms with Crippen LogP contribution in [0.15, 0.2) is 84.3 Å². The van der Waals surface area contributed by atoms with Crippen LogP contribution < -0.4 is 14.2 Å². The molecule has 7 nitrogen and oxygen atoms in total. The van der Waals surface area contributed by atoms with Crippen molar-refractivity contribution in [1.82, 2.24) is 0 Å². The molecule has 0 saturated carbocycles. The fraction of sp³-hybridized carbons (Fsp3) is 0.0385. The standard InChI is InChI=1S/C26H20O7S/c1-16-15-22(31-24(28)14-5-18-3-8-20(27)9-4-18)12-13-23(16)33-26(30)19-6-10-21(11-7-19)32-25(29)17(2)34/h3-15,27,34H,2H2,1H3/b14-5+. The molecule has 1 N–H and O–H groups in total. The van der Waals surface area contributed by atoms with E-state index in [-0.39, 0.29) is 27.7 Å². The van der Waals surface area contributed by atoms with E-state index in [4.69, 9.17) is 14.2 Å². The van der Waals surface area contributed by atoms with Crippen LogP contribution in [0, 0.1) is 6.92 Å². The highest BCUT2D eigenvalue weighted by Gasteiger charge is 2.13. The Morgan fingerprint density at radius 1 is 0.882 bits per heavy atom. The van der Waals surface area contributed by atoms with Gasteiger partial charge in [0, 0.05) is 6.08 Å². The minimum Gasteiger partial charge on any atom is -0.508 e. The Bertz CT molecular complexity index is 1260. The Labute approximate surface area is 201 Å². The van der Waals surface area contributed by atoms with Crippen LogP contribution in [0.5, 0.6) is 23.0 Å². The van der Waals surface area contributed by atoms with Gasteiger partial charge >= 0.3 is 17.9 Å². The minimum absolute atomic E-state index is 0.0403. The summed E-state index contributed by atoms with van der Waals surface area (Å²) in [7, 11) is 0. The second-order valence-electron chi connectivity index (χ2n) is 7.02.